The first-order valence-corrected chi connectivity index (χ1v) is 10.3. The van der Waals surface area contributed by atoms with E-state index in [4.69, 9.17) is 13.9 Å². The van der Waals surface area contributed by atoms with Crippen LogP contribution in [0.15, 0.2) is 65.3 Å². The van der Waals surface area contributed by atoms with Gasteiger partial charge in [0, 0.05) is 23.7 Å². The van der Waals surface area contributed by atoms with E-state index < -0.39 is 0 Å². The van der Waals surface area contributed by atoms with Crippen molar-refractivity contribution in [3.8, 4) is 11.5 Å². The number of rotatable bonds is 7. The summed E-state index contributed by atoms with van der Waals surface area (Å²) >= 11 is 0. The van der Waals surface area contributed by atoms with E-state index in [-0.39, 0.29) is 18.6 Å². The van der Waals surface area contributed by atoms with Crippen molar-refractivity contribution in [1.29, 1.82) is 0 Å². The predicted octanol–water partition coefficient (Wildman–Crippen LogP) is 3.74. The molecule has 2 heterocycles. The van der Waals surface area contributed by atoms with Crippen LogP contribution in [0.2, 0.25) is 0 Å². The van der Waals surface area contributed by atoms with Crippen LogP contribution >= 0.6 is 0 Å². The maximum absolute atomic E-state index is 13.3. The van der Waals surface area contributed by atoms with E-state index in [0.29, 0.717) is 47.5 Å². The summed E-state index contributed by atoms with van der Waals surface area (Å²) in [5, 5.41) is 2.98. The highest BCUT2D eigenvalue weighted by Gasteiger charge is 2.24. The summed E-state index contributed by atoms with van der Waals surface area (Å²) < 4.78 is 16.2. The van der Waals surface area contributed by atoms with Crippen LogP contribution in [0.4, 0.5) is 0 Å². The minimum Gasteiger partial charge on any atom is -0.467 e. The zero-order valence-electron chi connectivity index (χ0n) is 16.9. The lowest BCUT2D eigenvalue weighted by molar-refractivity contribution is 0.0717. The van der Waals surface area contributed by atoms with Crippen molar-refractivity contribution < 1.29 is 23.5 Å². The summed E-state index contributed by atoms with van der Waals surface area (Å²) in [6, 6.07) is 16.5. The van der Waals surface area contributed by atoms with E-state index in [9.17, 15) is 9.59 Å². The Morgan fingerprint density at radius 3 is 2.45 bits per heavy atom. The van der Waals surface area contributed by atoms with Crippen molar-refractivity contribution in [2.45, 2.75) is 32.0 Å². The van der Waals surface area contributed by atoms with Gasteiger partial charge in [-0.15, -0.1) is 0 Å². The number of amides is 2. The van der Waals surface area contributed by atoms with Gasteiger partial charge in [0.25, 0.3) is 11.8 Å². The van der Waals surface area contributed by atoms with Gasteiger partial charge in [-0.1, -0.05) is 12.1 Å². The van der Waals surface area contributed by atoms with Gasteiger partial charge < -0.3 is 24.1 Å². The second-order valence-corrected chi connectivity index (χ2v) is 7.75. The van der Waals surface area contributed by atoms with E-state index in [0.717, 1.165) is 18.4 Å². The highest BCUT2D eigenvalue weighted by atomic mass is 16.7. The van der Waals surface area contributed by atoms with E-state index >= 15 is 0 Å². The topological polar surface area (TPSA) is 81.0 Å². The normalized spacial score (nSPS) is 14.3. The molecule has 2 aliphatic rings. The molecule has 5 rings (SSSR count). The molecule has 158 valence electrons. The summed E-state index contributed by atoms with van der Waals surface area (Å²) in [5.74, 6) is 1.68. The fourth-order valence-corrected chi connectivity index (χ4v) is 3.48. The number of ether oxygens (including phenoxy) is 2. The maximum Gasteiger partial charge on any atom is 0.254 e. The fourth-order valence-electron chi connectivity index (χ4n) is 3.48. The Hall–Kier alpha value is -3.74. The van der Waals surface area contributed by atoms with Crippen molar-refractivity contribution in [2.24, 2.45) is 0 Å². The molecule has 1 aromatic heterocycles. The van der Waals surface area contributed by atoms with Gasteiger partial charge in [0.05, 0.1) is 12.8 Å². The molecule has 0 saturated heterocycles. The predicted molar refractivity (Wildman–Crippen MR) is 112 cm³/mol. The number of benzene rings is 2. The third kappa shape index (κ3) is 4.40. The summed E-state index contributed by atoms with van der Waals surface area (Å²) in [7, 11) is 0. The lowest BCUT2D eigenvalue weighted by Crippen LogP contribution is -2.30. The number of hydrogen-bond acceptors (Lipinski definition) is 5. The number of fused-ring (bicyclic) bond motifs is 1. The van der Waals surface area contributed by atoms with Crippen LogP contribution in [0.25, 0.3) is 0 Å². The zero-order valence-corrected chi connectivity index (χ0v) is 16.9. The lowest BCUT2D eigenvalue weighted by atomic mass is 10.1. The molecule has 0 radical (unpaired) electrons. The first kappa shape index (κ1) is 19.2. The van der Waals surface area contributed by atoms with Gasteiger partial charge >= 0.3 is 0 Å². The minimum absolute atomic E-state index is 0.0575. The maximum atomic E-state index is 13.3. The quantitative estimate of drug-likeness (QED) is 0.632. The third-order valence-corrected chi connectivity index (χ3v) is 5.34. The third-order valence-electron chi connectivity index (χ3n) is 5.34. The first-order valence-electron chi connectivity index (χ1n) is 10.3. The largest absolute Gasteiger partial charge is 0.467 e. The molecule has 0 bridgehead atoms. The number of hydrogen-bond donors (Lipinski definition) is 1. The van der Waals surface area contributed by atoms with Gasteiger partial charge in [0.2, 0.25) is 6.79 Å². The Balaban J connectivity index is 1.34. The molecular weight excluding hydrogens is 396 g/mol. The van der Waals surface area contributed by atoms with Crippen molar-refractivity contribution in [2.75, 3.05) is 6.79 Å². The van der Waals surface area contributed by atoms with Crippen molar-refractivity contribution >= 4 is 11.8 Å². The second kappa shape index (κ2) is 8.18. The Morgan fingerprint density at radius 1 is 0.935 bits per heavy atom. The van der Waals surface area contributed by atoms with Gasteiger partial charge in [-0.3, -0.25) is 9.59 Å². The fraction of sp³-hybridized carbons (Fsp3) is 0.250. The van der Waals surface area contributed by atoms with Crippen LogP contribution in [0.1, 0.15) is 44.9 Å². The Morgan fingerprint density at radius 2 is 1.71 bits per heavy atom. The molecule has 7 nitrogen and oxygen atoms in total. The summed E-state index contributed by atoms with van der Waals surface area (Å²) in [5.41, 5.74) is 2.05. The van der Waals surface area contributed by atoms with Gasteiger partial charge in [0.15, 0.2) is 11.5 Å². The van der Waals surface area contributed by atoms with Gasteiger partial charge in [0.1, 0.15) is 5.76 Å². The molecule has 1 aliphatic carbocycles. The van der Waals surface area contributed by atoms with E-state index in [1.54, 1.807) is 47.6 Å². The number of carbonyl (C=O) groups is 2. The standard InChI is InChI=1S/C24H22N2O5/c27-23(25-19-8-9-19)17-5-3-16(4-6-17)13-26(14-20-2-1-11-29-20)24(28)18-7-10-21-22(12-18)31-15-30-21/h1-7,10-12,19H,8-9,13-15H2,(H,25,27). The molecule has 1 fully saturated rings. The van der Waals surface area contributed by atoms with Crippen LogP contribution in [0, 0.1) is 0 Å². The van der Waals surface area contributed by atoms with E-state index in [1.165, 1.54) is 0 Å². The minimum atomic E-state index is -0.148. The molecule has 1 N–H and O–H groups in total. The summed E-state index contributed by atoms with van der Waals surface area (Å²) in [6.07, 6.45) is 3.69. The first-order chi connectivity index (χ1) is 15.2. The molecule has 0 atom stereocenters. The van der Waals surface area contributed by atoms with E-state index in [2.05, 4.69) is 5.32 Å². The average Bonchev–Trinajstić information content (AvgIpc) is 3.25. The van der Waals surface area contributed by atoms with Crippen LogP contribution in [-0.2, 0) is 13.1 Å². The van der Waals surface area contributed by atoms with Crippen LogP contribution in [0.5, 0.6) is 11.5 Å². The highest BCUT2D eigenvalue weighted by molar-refractivity contribution is 5.95. The number of furan rings is 1. The van der Waals surface area contributed by atoms with Crippen molar-refractivity contribution in [1.82, 2.24) is 10.2 Å². The molecule has 3 aromatic rings. The van der Waals surface area contributed by atoms with Gasteiger partial charge in [-0.25, -0.2) is 0 Å². The molecular formula is C24H22N2O5. The SMILES string of the molecule is O=C(NC1CC1)c1ccc(CN(Cc2ccco2)C(=O)c2ccc3c(c2)OCO3)cc1. The molecule has 31 heavy (non-hydrogen) atoms. The molecule has 0 spiro atoms. The molecule has 2 amide bonds. The smallest absolute Gasteiger partial charge is 0.254 e. The Labute approximate surface area is 179 Å². The van der Waals surface area contributed by atoms with Gasteiger partial charge in [-0.2, -0.15) is 0 Å². The number of nitrogens with zero attached hydrogens (tertiary/aromatic N) is 1. The van der Waals surface area contributed by atoms with Crippen molar-refractivity contribution in [3.63, 3.8) is 0 Å². The highest BCUT2D eigenvalue weighted by Crippen LogP contribution is 2.33. The zero-order chi connectivity index (χ0) is 21.2. The number of nitrogens with one attached hydrogen (secondary N) is 1. The Kier molecular flexibility index (Phi) is 5.08. The molecule has 7 heteroatoms. The van der Waals surface area contributed by atoms with Gasteiger partial charge in [-0.05, 0) is 60.9 Å². The second-order valence-electron chi connectivity index (χ2n) is 7.75. The van der Waals surface area contributed by atoms with Crippen LogP contribution in [0.3, 0.4) is 0 Å². The number of carbonyl (C=O) groups excluding carboxylic acids is 2. The summed E-state index contributed by atoms with van der Waals surface area (Å²) in [6.45, 7) is 0.854. The molecule has 2 aromatic carbocycles. The molecule has 1 aliphatic heterocycles. The van der Waals surface area contributed by atoms with Crippen LogP contribution in [-0.4, -0.2) is 29.5 Å². The summed E-state index contributed by atoms with van der Waals surface area (Å²) in [4.78, 5) is 27.2. The molecule has 1 saturated carbocycles. The Bertz CT molecular complexity index is 1090. The van der Waals surface area contributed by atoms with Crippen molar-refractivity contribution in [3.05, 3.63) is 83.3 Å². The molecule has 0 unspecified atom stereocenters. The van der Waals surface area contributed by atoms with E-state index in [1.807, 2.05) is 18.2 Å². The monoisotopic (exact) mass is 418 g/mol. The lowest BCUT2D eigenvalue weighted by Gasteiger charge is -2.22. The average molecular weight is 418 g/mol. The van der Waals surface area contributed by atoms with Crippen LogP contribution < -0.4 is 14.8 Å².